The van der Waals surface area contributed by atoms with Gasteiger partial charge in [0, 0.05) is 57.4 Å². The van der Waals surface area contributed by atoms with Crippen molar-refractivity contribution in [1.29, 1.82) is 0 Å². The molecule has 0 radical (unpaired) electrons. The van der Waals surface area contributed by atoms with Crippen LogP contribution in [0, 0.1) is 0 Å². The van der Waals surface area contributed by atoms with Crippen LogP contribution < -0.4 is 10.5 Å². The Balaban J connectivity index is 2.03. The van der Waals surface area contributed by atoms with Gasteiger partial charge in [-0.3, -0.25) is 14.4 Å². The van der Waals surface area contributed by atoms with Gasteiger partial charge in [0.1, 0.15) is 11.6 Å². The van der Waals surface area contributed by atoms with Crippen molar-refractivity contribution in [2.75, 3.05) is 47.9 Å². The van der Waals surface area contributed by atoms with Gasteiger partial charge in [0.2, 0.25) is 11.8 Å². The van der Waals surface area contributed by atoms with Gasteiger partial charge in [0.05, 0.1) is 19.3 Å². The second-order valence-corrected chi connectivity index (χ2v) is 10.3. The number of hydrogen-bond acceptors (Lipinski definition) is 7. The molecule has 0 fully saturated rings. The minimum atomic E-state index is -0.0380. The highest BCUT2D eigenvalue weighted by Crippen LogP contribution is 2.39. The summed E-state index contributed by atoms with van der Waals surface area (Å²) in [5.41, 5.74) is 11.1. The van der Waals surface area contributed by atoms with E-state index in [0.29, 0.717) is 52.6 Å². The number of amidine groups is 1. The summed E-state index contributed by atoms with van der Waals surface area (Å²) in [4.78, 5) is 47.0. The third-order valence-corrected chi connectivity index (χ3v) is 6.78. The van der Waals surface area contributed by atoms with E-state index in [1.54, 1.807) is 45.4 Å². The largest absolute Gasteiger partial charge is 0.496 e. The minimum absolute atomic E-state index is 0.0271. The molecule has 2 aromatic rings. The molecule has 0 aliphatic carbocycles. The van der Waals surface area contributed by atoms with Crippen LogP contribution in [-0.4, -0.2) is 86.5 Å². The van der Waals surface area contributed by atoms with Gasteiger partial charge in [-0.25, -0.2) is 4.99 Å². The highest BCUT2D eigenvalue weighted by atomic mass is 16.5. The van der Waals surface area contributed by atoms with Gasteiger partial charge in [-0.2, -0.15) is 0 Å². The summed E-state index contributed by atoms with van der Waals surface area (Å²) in [5.74, 6) is 0.854. The molecule has 1 heterocycles. The summed E-state index contributed by atoms with van der Waals surface area (Å²) in [6.07, 6.45) is 8.23. The fraction of sp³-hybridized carbons (Fsp3) is 0.375. The number of carbonyl (C=O) groups is 3. The standard InChI is InChI=1S/C32H41N5O4/c1-7-12-37(13-8-2)32(40)26-16-27-28(34-30(33)19-26)17-25(18-29(27)41-6)22-9-10-24(21-38)23(15-22)11-14-36(5)20-31(39)35(3)4/h9-11,14-18,21H,7-8,12-13,19-20H2,1-6H3,(H2,33,34)/b14-11-. The number of aldehydes is 1. The van der Waals surface area contributed by atoms with Gasteiger partial charge in [0.15, 0.2) is 6.29 Å². The topological polar surface area (TPSA) is 109 Å². The van der Waals surface area contributed by atoms with E-state index in [4.69, 9.17) is 10.5 Å². The summed E-state index contributed by atoms with van der Waals surface area (Å²) in [6, 6.07) is 9.34. The van der Waals surface area contributed by atoms with Crippen LogP contribution in [0.5, 0.6) is 5.75 Å². The Morgan fingerprint density at radius 3 is 2.34 bits per heavy atom. The van der Waals surface area contributed by atoms with E-state index in [1.807, 2.05) is 41.3 Å². The Morgan fingerprint density at radius 2 is 1.73 bits per heavy atom. The number of hydrogen-bond donors (Lipinski definition) is 1. The van der Waals surface area contributed by atoms with Crippen molar-refractivity contribution in [3.8, 4) is 16.9 Å². The highest BCUT2D eigenvalue weighted by Gasteiger charge is 2.23. The van der Waals surface area contributed by atoms with Crippen molar-refractivity contribution in [1.82, 2.24) is 14.7 Å². The van der Waals surface area contributed by atoms with Crippen molar-refractivity contribution in [2.45, 2.75) is 33.1 Å². The van der Waals surface area contributed by atoms with Crippen LogP contribution in [0.15, 0.2) is 47.1 Å². The fourth-order valence-corrected chi connectivity index (χ4v) is 4.62. The van der Waals surface area contributed by atoms with E-state index >= 15 is 0 Å². The number of amides is 2. The maximum Gasteiger partial charge on any atom is 0.250 e. The van der Waals surface area contributed by atoms with Gasteiger partial charge >= 0.3 is 0 Å². The predicted molar refractivity (Wildman–Crippen MR) is 165 cm³/mol. The SMILES string of the molecule is CCCN(CCC)C(=O)C1=Cc2c(cc(-c3ccc(C=O)c(/C=C\N(C)CC(=O)N(C)C)c3)cc2OC)N=C(N)C1. The number of likely N-dealkylation sites (N-methyl/N-ethyl adjacent to an activating group) is 2. The molecule has 41 heavy (non-hydrogen) atoms. The summed E-state index contributed by atoms with van der Waals surface area (Å²) in [7, 11) is 6.81. The molecule has 0 atom stereocenters. The number of nitrogens with zero attached hydrogens (tertiary/aromatic N) is 4. The lowest BCUT2D eigenvalue weighted by molar-refractivity contribution is -0.129. The summed E-state index contributed by atoms with van der Waals surface area (Å²) in [6.45, 7) is 5.69. The first-order valence-corrected chi connectivity index (χ1v) is 13.8. The van der Waals surface area contributed by atoms with Crippen molar-refractivity contribution in [2.24, 2.45) is 10.7 Å². The number of aliphatic imine (C=N–C) groups is 1. The first-order valence-electron chi connectivity index (χ1n) is 13.8. The normalized spacial score (nSPS) is 12.6. The van der Waals surface area contributed by atoms with Crippen LogP contribution in [-0.2, 0) is 9.59 Å². The molecule has 0 bridgehead atoms. The molecule has 1 aliphatic rings. The van der Waals surface area contributed by atoms with E-state index in [9.17, 15) is 14.4 Å². The number of ether oxygens (including phenoxy) is 1. The molecule has 9 heteroatoms. The van der Waals surface area contributed by atoms with Crippen LogP contribution in [0.3, 0.4) is 0 Å². The van der Waals surface area contributed by atoms with Gasteiger partial charge < -0.3 is 25.2 Å². The zero-order valence-corrected chi connectivity index (χ0v) is 24.9. The summed E-state index contributed by atoms with van der Waals surface area (Å²) in [5, 5.41) is 0. The van der Waals surface area contributed by atoms with Crippen molar-refractivity contribution in [3.05, 3.63) is 58.8 Å². The molecule has 0 spiro atoms. The Labute approximate surface area is 243 Å². The third-order valence-electron chi connectivity index (χ3n) is 6.78. The molecule has 0 aromatic heterocycles. The lowest BCUT2D eigenvalue weighted by Crippen LogP contribution is -2.34. The summed E-state index contributed by atoms with van der Waals surface area (Å²) < 4.78 is 5.77. The predicted octanol–water partition coefficient (Wildman–Crippen LogP) is 4.59. The van der Waals surface area contributed by atoms with E-state index in [0.717, 1.165) is 30.3 Å². The molecule has 218 valence electrons. The van der Waals surface area contributed by atoms with Crippen LogP contribution in [0.25, 0.3) is 23.3 Å². The van der Waals surface area contributed by atoms with Crippen LogP contribution in [0.4, 0.5) is 5.69 Å². The number of methoxy groups -OCH3 is 1. The monoisotopic (exact) mass is 559 g/mol. The Hall–Kier alpha value is -4.40. The maximum absolute atomic E-state index is 13.4. The van der Waals surface area contributed by atoms with Crippen molar-refractivity contribution >= 4 is 41.8 Å². The molecule has 0 saturated heterocycles. The minimum Gasteiger partial charge on any atom is -0.496 e. The lowest BCUT2D eigenvalue weighted by Gasteiger charge is -2.22. The first kappa shape index (κ1) is 31.1. The number of rotatable bonds is 12. The number of benzene rings is 2. The second-order valence-electron chi connectivity index (χ2n) is 10.3. The highest BCUT2D eigenvalue weighted by molar-refractivity contribution is 6.06. The van der Waals surface area contributed by atoms with E-state index in [2.05, 4.69) is 18.8 Å². The van der Waals surface area contributed by atoms with Gasteiger partial charge in [-0.15, -0.1) is 0 Å². The molecule has 1 aliphatic heterocycles. The fourth-order valence-electron chi connectivity index (χ4n) is 4.62. The number of fused-ring (bicyclic) bond motifs is 1. The van der Waals surface area contributed by atoms with Gasteiger partial charge in [0.25, 0.3) is 0 Å². The molecule has 0 saturated carbocycles. The number of nitrogens with two attached hydrogens (primary N) is 1. The molecule has 2 aromatic carbocycles. The smallest absolute Gasteiger partial charge is 0.250 e. The second kappa shape index (κ2) is 14.3. The third kappa shape index (κ3) is 7.84. The maximum atomic E-state index is 13.4. The van der Waals surface area contributed by atoms with E-state index < -0.39 is 0 Å². The quantitative estimate of drug-likeness (QED) is 0.381. The zero-order valence-electron chi connectivity index (χ0n) is 24.9. The van der Waals surface area contributed by atoms with Gasteiger partial charge in [-0.05, 0) is 66.1 Å². The molecular weight excluding hydrogens is 518 g/mol. The Kier molecular flexibility index (Phi) is 10.9. The Bertz CT molecular complexity index is 1370. The van der Waals surface area contributed by atoms with Crippen LogP contribution in [0.2, 0.25) is 0 Å². The van der Waals surface area contributed by atoms with Crippen LogP contribution in [0.1, 0.15) is 54.6 Å². The van der Waals surface area contributed by atoms with Crippen molar-refractivity contribution < 1.29 is 19.1 Å². The molecule has 9 nitrogen and oxygen atoms in total. The molecule has 0 unspecified atom stereocenters. The van der Waals surface area contributed by atoms with Gasteiger partial charge in [-0.1, -0.05) is 26.0 Å². The molecule has 2 N–H and O–H groups in total. The zero-order chi connectivity index (χ0) is 30.1. The lowest BCUT2D eigenvalue weighted by atomic mass is 9.96. The first-order chi connectivity index (χ1) is 19.6. The van der Waals surface area contributed by atoms with Crippen molar-refractivity contribution in [3.63, 3.8) is 0 Å². The number of carbonyl (C=O) groups excluding carboxylic acids is 3. The molecule has 3 rings (SSSR count). The molecule has 2 amide bonds. The summed E-state index contributed by atoms with van der Waals surface area (Å²) >= 11 is 0. The average molecular weight is 560 g/mol. The average Bonchev–Trinajstić information content (AvgIpc) is 3.12. The van der Waals surface area contributed by atoms with E-state index in [-0.39, 0.29) is 24.8 Å². The van der Waals surface area contributed by atoms with E-state index in [1.165, 1.54) is 4.90 Å². The Morgan fingerprint density at radius 1 is 1.02 bits per heavy atom. The van der Waals surface area contributed by atoms with Crippen LogP contribution >= 0.6 is 0 Å². The molecular formula is C32H41N5O4.